The van der Waals surface area contributed by atoms with Gasteiger partial charge in [0.1, 0.15) is 11.8 Å². The van der Waals surface area contributed by atoms with Crippen LogP contribution in [-0.4, -0.2) is 40.5 Å². The summed E-state index contributed by atoms with van der Waals surface area (Å²) in [7, 11) is 0. The molecule has 24 heavy (non-hydrogen) atoms. The maximum absolute atomic E-state index is 12.4. The Bertz CT molecular complexity index is 577. The fourth-order valence-electron chi connectivity index (χ4n) is 2.16. The standard InChI is InChI=1S/C18H25NO5/c1-18(2,3)15(21)10-13(9-12-7-5-4-6-8-12)16(22)19-14(11-20)17(23)24/h4-8,13-14,20H,9-11H2,1-3H3,(H,19,22)(H,23,24). The zero-order valence-electron chi connectivity index (χ0n) is 14.3. The molecule has 6 nitrogen and oxygen atoms in total. The van der Waals surface area contributed by atoms with Crippen LogP contribution in [0.25, 0.3) is 0 Å². The molecule has 1 amide bonds. The number of aliphatic hydroxyl groups is 1. The van der Waals surface area contributed by atoms with E-state index in [1.165, 1.54) is 0 Å². The van der Waals surface area contributed by atoms with E-state index in [1.807, 2.05) is 30.3 Å². The molecule has 0 saturated carbocycles. The molecule has 0 radical (unpaired) electrons. The van der Waals surface area contributed by atoms with E-state index in [4.69, 9.17) is 10.2 Å². The molecule has 132 valence electrons. The number of carboxylic acid groups (broad SMARTS) is 1. The van der Waals surface area contributed by atoms with Crippen LogP contribution in [0.4, 0.5) is 0 Å². The van der Waals surface area contributed by atoms with Crippen molar-refractivity contribution in [3.63, 3.8) is 0 Å². The number of Topliss-reactive ketones (excluding diaryl/α,β-unsaturated/α-hetero) is 1. The molecule has 2 unspecified atom stereocenters. The number of nitrogens with one attached hydrogen (secondary N) is 1. The second-order valence-corrected chi connectivity index (χ2v) is 6.85. The number of carboxylic acids is 1. The summed E-state index contributed by atoms with van der Waals surface area (Å²) in [6.07, 6.45) is 0.342. The van der Waals surface area contributed by atoms with E-state index in [9.17, 15) is 14.4 Å². The SMILES string of the molecule is CC(C)(C)C(=O)CC(Cc1ccccc1)C(=O)NC(CO)C(=O)O. The first-order valence-electron chi connectivity index (χ1n) is 7.86. The van der Waals surface area contributed by atoms with Gasteiger partial charge in [-0.05, 0) is 12.0 Å². The zero-order chi connectivity index (χ0) is 18.3. The summed E-state index contributed by atoms with van der Waals surface area (Å²) in [5, 5.41) is 20.3. The lowest BCUT2D eigenvalue weighted by molar-refractivity contribution is -0.143. The molecule has 0 heterocycles. The van der Waals surface area contributed by atoms with Crippen molar-refractivity contribution in [2.75, 3.05) is 6.61 Å². The number of ketones is 1. The monoisotopic (exact) mass is 335 g/mol. The number of aliphatic hydroxyl groups excluding tert-OH is 1. The van der Waals surface area contributed by atoms with Gasteiger partial charge in [-0.1, -0.05) is 51.1 Å². The van der Waals surface area contributed by atoms with Gasteiger partial charge in [-0.15, -0.1) is 0 Å². The minimum absolute atomic E-state index is 0.0159. The van der Waals surface area contributed by atoms with E-state index in [0.29, 0.717) is 6.42 Å². The number of carbonyl (C=O) groups is 3. The topological polar surface area (TPSA) is 104 Å². The molecule has 0 aromatic heterocycles. The van der Waals surface area contributed by atoms with Gasteiger partial charge < -0.3 is 15.5 Å². The number of benzene rings is 1. The second kappa shape index (κ2) is 8.59. The molecule has 1 aromatic rings. The fraction of sp³-hybridized carbons (Fsp3) is 0.500. The van der Waals surface area contributed by atoms with Gasteiger partial charge in [-0.2, -0.15) is 0 Å². The molecule has 0 fully saturated rings. The molecule has 0 aliphatic rings. The van der Waals surface area contributed by atoms with E-state index in [1.54, 1.807) is 20.8 Å². The quantitative estimate of drug-likeness (QED) is 0.666. The third-order valence-corrected chi connectivity index (χ3v) is 3.76. The molecule has 3 N–H and O–H groups in total. The average molecular weight is 335 g/mol. The minimum Gasteiger partial charge on any atom is -0.480 e. The fourth-order valence-corrected chi connectivity index (χ4v) is 2.16. The van der Waals surface area contributed by atoms with Crippen molar-refractivity contribution in [1.29, 1.82) is 0 Å². The summed E-state index contributed by atoms with van der Waals surface area (Å²) in [6.45, 7) is 4.63. The van der Waals surface area contributed by atoms with Crippen LogP contribution in [0.5, 0.6) is 0 Å². The Kier molecular flexibility index (Phi) is 7.10. The first kappa shape index (κ1) is 19.8. The third-order valence-electron chi connectivity index (χ3n) is 3.76. The molecule has 6 heteroatoms. The van der Waals surface area contributed by atoms with Crippen LogP contribution in [0.3, 0.4) is 0 Å². The Balaban J connectivity index is 2.93. The van der Waals surface area contributed by atoms with Crippen molar-refractivity contribution in [2.45, 2.75) is 39.7 Å². The maximum Gasteiger partial charge on any atom is 0.328 e. The number of hydrogen-bond donors (Lipinski definition) is 3. The molecular formula is C18H25NO5. The summed E-state index contributed by atoms with van der Waals surface area (Å²) in [5.74, 6) is -2.62. The summed E-state index contributed by atoms with van der Waals surface area (Å²) in [5.41, 5.74) is 0.300. The lowest BCUT2D eigenvalue weighted by atomic mass is 9.83. The minimum atomic E-state index is -1.37. The summed E-state index contributed by atoms with van der Waals surface area (Å²) in [6, 6.07) is 7.85. The van der Waals surface area contributed by atoms with Crippen LogP contribution in [0, 0.1) is 11.3 Å². The van der Waals surface area contributed by atoms with E-state index >= 15 is 0 Å². The molecule has 0 aliphatic heterocycles. The van der Waals surface area contributed by atoms with Crippen molar-refractivity contribution < 1.29 is 24.6 Å². The highest BCUT2D eigenvalue weighted by Gasteiger charge is 2.30. The predicted octanol–water partition coefficient (Wildman–Crippen LogP) is 1.41. The van der Waals surface area contributed by atoms with Crippen molar-refractivity contribution in [2.24, 2.45) is 11.3 Å². The first-order valence-corrected chi connectivity index (χ1v) is 7.86. The van der Waals surface area contributed by atoms with Gasteiger partial charge in [-0.25, -0.2) is 4.79 Å². The average Bonchev–Trinajstić information content (AvgIpc) is 2.51. The Morgan fingerprint density at radius 3 is 2.17 bits per heavy atom. The van der Waals surface area contributed by atoms with E-state index in [-0.39, 0.29) is 12.2 Å². The first-order chi connectivity index (χ1) is 11.1. The maximum atomic E-state index is 12.4. The second-order valence-electron chi connectivity index (χ2n) is 6.85. The van der Waals surface area contributed by atoms with Crippen LogP contribution in [0.1, 0.15) is 32.8 Å². The van der Waals surface area contributed by atoms with Crippen molar-refractivity contribution in [1.82, 2.24) is 5.32 Å². The Labute approximate surface area is 141 Å². The molecule has 2 atom stereocenters. The zero-order valence-corrected chi connectivity index (χ0v) is 14.3. The highest BCUT2D eigenvalue weighted by molar-refractivity contribution is 5.91. The normalized spacial score (nSPS) is 13.8. The highest BCUT2D eigenvalue weighted by Crippen LogP contribution is 2.22. The molecule has 1 aromatic carbocycles. The summed E-state index contributed by atoms with van der Waals surface area (Å²) in [4.78, 5) is 35.7. The molecular weight excluding hydrogens is 310 g/mol. The molecule has 0 bridgehead atoms. The summed E-state index contributed by atoms with van der Waals surface area (Å²) >= 11 is 0. The van der Waals surface area contributed by atoms with Crippen molar-refractivity contribution in [3.05, 3.63) is 35.9 Å². The predicted molar refractivity (Wildman–Crippen MR) is 89.4 cm³/mol. The van der Waals surface area contributed by atoms with Crippen LogP contribution in [0.15, 0.2) is 30.3 Å². The highest BCUT2D eigenvalue weighted by atomic mass is 16.4. The Morgan fingerprint density at radius 1 is 1.12 bits per heavy atom. The van der Waals surface area contributed by atoms with Gasteiger partial charge in [0.2, 0.25) is 5.91 Å². The van der Waals surface area contributed by atoms with Crippen LogP contribution < -0.4 is 5.32 Å². The van der Waals surface area contributed by atoms with Crippen LogP contribution in [0.2, 0.25) is 0 Å². The summed E-state index contributed by atoms with van der Waals surface area (Å²) < 4.78 is 0. The molecule has 0 aliphatic carbocycles. The van der Waals surface area contributed by atoms with Gasteiger partial charge in [0, 0.05) is 17.8 Å². The van der Waals surface area contributed by atoms with Crippen LogP contribution >= 0.6 is 0 Å². The number of rotatable bonds is 8. The molecule has 0 spiro atoms. The third kappa shape index (κ3) is 6.12. The van der Waals surface area contributed by atoms with Gasteiger partial charge in [-0.3, -0.25) is 9.59 Å². The van der Waals surface area contributed by atoms with Gasteiger partial charge in [0.05, 0.1) is 6.61 Å². The number of hydrogen-bond acceptors (Lipinski definition) is 4. The van der Waals surface area contributed by atoms with Gasteiger partial charge in [0.25, 0.3) is 0 Å². The van der Waals surface area contributed by atoms with E-state index in [2.05, 4.69) is 5.32 Å². The lowest BCUT2D eigenvalue weighted by Gasteiger charge is -2.23. The van der Waals surface area contributed by atoms with E-state index < -0.39 is 35.9 Å². The number of carbonyl (C=O) groups excluding carboxylic acids is 2. The smallest absolute Gasteiger partial charge is 0.328 e. The number of amides is 1. The van der Waals surface area contributed by atoms with Gasteiger partial charge >= 0.3 is 5.97 Å². The van der Waals surface area contributed by atoms with Crippen molar-refractivity contribution in [3.8, 4) is 0 Å². The molecule has 0 saturated heterocycles. The lowest BCUT2D eigenvalue weighted by Crippen LogP contribution is -2.46. The molecule has 1 rings (SSSR count). The van der Waals surface area contributed by atoms with Crippen molar-refractivity contribution >= 4 is 17.7 Å². The van der Waals surface area contributed by atoms with E-state index in [0.717, 1.165) is 5.56 Å². The Morgan fingerprint density at radius 2 is 1.71 bits per heavy atom. The Hall–Kier alpha value is -2.21. The largest absolute Gasteiger partial charge is 0.480 e. The van der Waals surface area contributed by atoms with Crippen LogP contribution in [-0.2, 0) is 20.8 Å². The number of aliphatic carboxylic acids is 1. The van der Waals surface area contributed by atoms with Gasteiger partial charge in [0.15, 0.2) is 0 Å².